The van der Waals surface area contributed by atoms with Gasteiger partial charge in [-0.2, -0.15) is 0 Å². The Kier molecular flexibility index (Phi) is 8.77. The van der Waals surface area contributed by atoms with E-state index in [0.717, 1.165) is 17.4 Å². The predicted octanol–water partition coefficient (Wildman–Crippen LogP) is 4.89. The molecule has 4 rings (SSSR count). The van der Waals surface area contributed by atoms with Gasteiger partial charge in [-0.1, -0.05) is 30.0 Å². The average molecular weight is 536 g/mol. The highest BCUT2D eigenvalue weighted by Crippen LogP contribution is 2.30. The molecule has 0 saturated heterocycles. The third-order valence-corrected chi connectivity index (χ3v) is 6.15. The van der Waals surface area contributed by atoms with E-state index in [-0.39, 0.29) is 23.7 Å². The Morgan fingerprint density at radius 3 is 2.42 bits per heavy atom. The fourth-order valence-electron chi connectivity index (χ4n) is 3.48. The van der Waals surface area contributed by atoms with E-state index in [4.69, 9.17) is 14.2 Å². The minimum Gasteiger partial charge on any atom is -0.497 e. The molecule has 38 heavy (non-hydrogen) atoms. The topological polar surface area (TPSA) is 131 Å². The van der Waals surface area contributed by atoms with Crippen molar-refractivity contribution >= 4 is 29.0 Å². The van der Waals surface area contributed by atoms with Crippen molar-refractivity contribution in [2.45, 2.75) is 18.7 Å². The van der Waals surface area contributed by atoms with Gasteiger partial charge < -0.3 is 19.5 Å². The lowest BCUT2D eigenvalue weighted by molar-refractivity contribution is -0.384. The molecule has 0 saturated carbocycles. The van der Waals surface area contributed by atoms with Crippen LogP contribution >= 0.6 is 11.8 Å². The van der Waals surface area contributed by atoms with Crippen LogP contribution in [0.25, 0.3) is 5.69 Å². The molecule has 0 atom stereocenters. The molecule has 196 valence electrons. The summed E-state index contributed by atoms with van der Waals surface area (Å²) in [6.07, 6.45) is 0. The minimum absolute atomic E-state index is 0.0573. The molecular weight excluding hydrogens is 510 g/mol. The van der Waals surface area contributed by atoms with Gasteiger partial charge in [0, 0.05) is 5.69 Å². The number of ether oxygens (including phenoxy) is 3. The highest BCUT2D eigenvalue weighted by atomic mass is 32.2. The number of hydrogen-bond acceptors (Lipinski definition) is 9. The molecule has 1 N–H and O–H groups in total. The van der Waals surface area contributed by atoms with E-state index in [9.17, 15) is 14.9 Å². The van der Waals surface area contributed by atoms with Gasteiger partial charge in [-0.3, -0.25) is 19.5 Å². The number of amides is 1. The van der Waals surface area contributed by atoms with Crippen molar-refractivity contribution in [2.24, 2.45) is 0 Å². The van der Waals surface area contributed by atoms with Crippen molar-refractivity contribution in [1.29, 1.82) is 0 Å². The van der Waals surface area contributed by atoms with Crippen LogP contribution < -0.4 is 19.5 Å². The van der Waals surface area contributed by atoms with Crippen molar-refractivity contribution in [2.75, 3.05) is 24.8 Å². The van der Waals surface area contributed by atoms with Crippen LogP contribution in [0.3, 0.4) is 0 Å². The SMILES string of the molecule is CCOc1ccc(NC(=O)CSc2nnc(COc3ccccc3)n2-c2ccc(OC)cc2)c([N+](=O)[O-])c1. The van der Waals surface area contributed by atoms with Gasteiger partial charge in [-0.25, -0.2) is 0 Å². The van der Waals surface area contributed by atoms with Gasteiger partial charge in [-0.15, -0.1) is 10.2 Å². The number of benzene rings is 3. The summed E-state index contributed by atoms with van der Waals surface area (Å²) in [6.45, 7) is 2.30. The second-order valence-electron chi connectivity index (χ2n) is 7.74. The van der Waals surface area contributed by atoms with Crippen LogP contribution in [0.5, 0.6) is 17.2 Å². The van der Waals surface area contributed by atoms with E-state index in [2.05, 4.69) is 15.5 Å². The summed E-state index contributed by atoms with van der Waals surface area (Å²) in [5, 5.41) is 23.1. The number of methoxy groups -OCH3 is 1. The highest BCUT2D eigenvalue weighted by molar-refractivity contribution is 7.99. The summed E-state index contributed by atoms with van der Waals surface area (Å²) in [5.41, 5.74) is 0.584. The van der Waals surface area contributed by atoms with E-state index in [1.165, 1.54) is 12.1 Å². The molecule has 0 aliphatic rings. The van der Waals surface area contributed by atoms with Crippen LogP contribution in [0.4, 0.5) is 11.4 Å². The van der Waals surface area contributed by atoms with Crippen LogP contribution in [0.15, 0.2) is 78.0 Å². The quantitative estimate of drug-likeness (QED) is 0.153. The Morgan fingerprint density at radius 1 is 1.00 bits per heavy atom. The summed E-state index contributed by atoms with van der Waals surface area (Å²) < 4.78 is 18.2. The summed E-state index contributed by atoms with van der Waals surface area (Å²) in [5.74, 6) is 1.76. The summed E-state index contributed by atoms with van der Waals surface area (Å²) in [7, 11) is 1.58. The summed E-state index contributed by atoms with van der Waals surface area (Å²) in [6, 6.07) is 20.9. The molecule has 4 aromatic rings. The van der Waals surface area contributed by atoms with Crippen molar-refractivity contribution in [3.8, 4) is 22.9 Å². The van der Waals surface area contributed by atoms with Gasteiger partial charge in [0.15, 0.2) is 11.0 Å². The number of anilines is 1. The number of para-hydroxylation sites is 1. The Balaban J connectivity index is 1.51. The van der Waals surface area contributed by atoms with Crippen molar-refractivity contribution in [3.63, 3.8) is 0 Å². The van der Waals surface area contributed by atoms with Gasteiger partial charge in [0.2, 0.25) is 5.91 Å². The first kappa shape index (κ1) is 26.5. The first-order valence-electron chi connectivity index (χ1n) is 11.6. The van der Waals surface area contributed by atoms with Gasteiger partial charge >= 0.3 is 0 Å². The maximum absolute atomic E-state index is 12.7. The number of carbonyl (C=O) groups is 1. The first-order valence-corrected chi connectivity index (χ1v) is 12.6. The highest BCUT2D eigenvalue weighted by Gasteiger charge is 2.20. The zero-order valence-electron chi connectivity index (χ0n) is 20.7. The number of nitro benzene ring substituents is 1. The molecule has 11 nitrogen and oxygen atoms in total. The normalized spacial score (nSPS) is 10.6. The number of aromatic nitrogens is 3. The van der Waals surface area contributed by atoms with Crippen molar-refractivity contribution < 1.29 is 23.9 Å². The molecule has 1 amide bonds. The lowest BCUT2D eigenvalue weighted by Crippen LogP contribution is -2.16. The van der Waals surface area contributed by atoms with Crippen molar-refractivity contribution in [1.82, 2.24) is 14.8 Å². The molecule has 0 unspecified atom stereocenters. The second-order valence-corrected chi connectivity index (χ2v) is 8.68. The summed E-state index contributed by atoms with van der Waals surface area (Å²) in [4.78, 5) is 23.7. The van der Waals surface area contributed by atoms with Crippen LogP contribution in [0.2, 0.25) is 0 Å². The van der Waals surface area contributed by atoms with E-state index in [0.29, 0.717) is 34.8 Å². The third kappa shape index (κ3) is 6.59. The van der Waals surface area contributed by atoms with Crippen LogP contribution in [-0.4, -0.2) is 45.1 Å². The molecular formula is C26H25N5O6S. The van der Waals surface area contributed by atoms with Gasteiger partial charge in [0.1, 0.15) is 29.5 Å². The molecule has 0 spiro atoms. The van der Waals surface area contributed by atoms with Gasteiger partial charge in [-0.05, 0) is 55.5 Å². The second kappa shape index (κ2) is 12.6. The Bertz CT molecular complexity index is 1400. The fraction of sp³-hybridized carbons (Fsp3) is 0.192. The molecule has 3 aromatic carbocycles. The number of hydrogen-bond donors (Lipinski definition) is 1. The van der Waals surface area contributed by atoms with E-state index >= 15 is 0 Å². The van der Waals surface area contributed by atoms with Crippen LogP contribution in [0, 0.1) is 10.1 Å². The maximum atomic E-state index is 12.7. The molecule has 1 aromatic heterocycles. The lowest BCUT2D eigenvalue weighted by atomic mass is 10.2. The van der Waals surface area contributed by atoms with E-state index in [1.807, 2.05) is 54.6 Å². The fourth-order valence-corrected chi connectivity index (χ4v) is 4.25. The summed E-state index contributed by atoms with van der Waals surface area (Å²) >= 11 is 1.14. The Hall–Kier alpha value is -4.58. The average Bonchev–Trinajstić information content (AvgIpc) is 3.35. The molecule has 0 fully saturated rings. The first-order chi connectivity index (χ1) is 18.5. The number of thioether (sulfide) groups is 1. The van der Waals surface area contributed by atoms with E-state index in [1.54, 1.807) is 24.7 Å². The standard InChI is InChI=1S/C26H25N5O6S/c1-3-36-21-13-14-22(23(15-21)31(33)34)27-25(32)17-38-26-29-28-24(16-37-20-7-5-4-6-8-20)30(26)18-9-11-19(35-2)12-10-18/h4-15H,3,16-17H2,1-2H3,(H,27,32). The zero-order chi connectivity index (χ0) is 26.9. The van der Waals surface area contributed by atoms with Gasteiger partial charge in [0.25, 0.3) is 5.69 Å². The van der Waals surface area contributed by atoms with E-state index < -0.39 is 10.8 Å². The third-order valence-electron chi connectivity index (χ3n) is 5.23. The largest absolute Gasteiger partial charge is 0.497 e. The molecule has 0 bridgehead atoms. The van der Waals surface area contributed by atoms with Crippen LogP contribution in [-0.2, 0) is 11.4 Å². The number of nitrogens with one attached hydrogen (secondary N) is 1. The molecule has 1 heterocycles. The lowest BCUT2D eigenvalue weighted by Gasteiger charge is -2.12. The number of carbonyl (C=O) groups excluding carboxylic acids is 1. The number of nitro groups is 1. The monoisotopic (exact) mass is 535 g/mol. The predicted molar refractivity (Wildman–Crippen MR) is 142 cm³/mol. The maximum Gasteiger partial charge on any atom is 0.296 e. The Morgan fingerprint density at radius 2 is 1.74 bits per heavy atom. The molecule has 12 heteroatoms. The molecule has 0 radical (unpaired) electrons. The molecule has 0 aliphatic heterocycles. The van der Waals surface area contributed by atoms with Gasteiger partial charge in [0.05, 0.1) is 30.5 Å². The number of rotatable bonds is 12. The number of nitrogens with zero attached hydrogens (tertiary/aromatic N) is 4. The zero-order valence-corrected chi connectivity index (χ0v) is 21.5. The molecule has 0 aliphatic carbocycles. The Labute approximate surface area is 222 Å². The van der Waals surface area contributed by atoms with Crippen molar-refractivity contribution in [3.05, 3.63) is 88.7 Å². The minimum atomic E-state index is -0.565. The van der Waals surface area contributed by atoms with Crippen LogP contribution in [0.1, 0.15) is 12.7 Å². The smallest absolute Gasteiger partial charge is 0.296 e.